The summed E-state index contributed by atoms with van der Waals surface area (Å²) in [5, 5.41) is 5.04. The average molecular weight is 343 g/mol. The molecule has 0 spiro atoms. The number of aromatic amines is 1. The zero-order valence-electron chi connectivity index (χ0n) is 14.2. The largest absolute Gasteiger partial charge is 0.497 e. The Kier molecular flexibility index (Phi) is 4.11. The lowest BCUT2D eigenvalue weighted by Gasteiger charge is -2.03. The number of methoxy groups -OCH3 is 1. The molecule has 2 aromatic carbocycles. The van der Waals surface area contributed by atoms with Gasteiger partial charge in [0.1, 0.15) is 5.75 Å². The second kappa shape index (κ2) is 6.72. The minimum atomic E-state index is -0.212. The average Bonchev–Trinajstić information content (AvgIpc) is 3.05. The lowest BCUT2D eigenvalue weighted by molar-refractivity contribution is -0.111. The van der Waals surface area contributed by atoms with Crippen molar-refractivity contribution in [3.63, 3.8) is 0 Å². The van der Waals surface area contributed by atoms with Crippen LogP contribution in [-0.2, 0) is 4.79 Å². The second-order valence-electron chi connectivity index (χ2n) is 5.88. The summed E-state index contributed by atoms with van der Waals surface area (Å²) in [5.41, 5.74) is 3.49. The minimum Gasteiger partial charge on any atom is -0.497 e. The van der Waals surface area contributed by atoms with Crippen LogP contribution in [0.3, 0.4) is 0 Å². The first-order chi connectivity index (χ1) is 12.7. The van der Waals surface area contributed by atoms with Crippen LogP contribution >= 0.6 is 0 Å². The van der Waals surface area contributed by atoms with Crippen molar-refractivity contribution in [2.45, 2.75) is 0 Å². The third-order valence-electron chi connectivity index (χ3n) is 4.17. The van der Waals surface area contributed by atoms with Crippen molar-refractivity contribution in [2.24, 2.45) is 0 Å². The first-order valence-corrected chi connectivity index (χ1v) is 8.22. The Morgan fingerprint density at radius 2 is 1.88 bits per heavy atom. The standard InChI is InChI=1S/C21H17N3O2/c1-26-16-9-6-14(7-10-16)23-21(25)11-8-15-12-18-17-4-2-3-5-19(17)24-20(18)13-22-15/h2-13,24H,1H3,(H,23,25)/b11-8+. The van der Waals surface area contributed by atoms with E-state index in [9.17, 15) is 4.79 Å². The van der Waals surface area contributed by atoms with Crippen LogP contribution < -0.4 is 10.1 Å². The fraction of sp³-hybridized carbons (Fsp3) is 0.0476. The van der Waals surface area contributed by atoms with Crippen molar-refractivity contribution < 1.29 is 9.53 Å². The summed E-state index contributed by atoms with van der Waals surface area (Å²) in [6, 6.07) is 17.3. The van der Waals surface area contributed by atoms with Crippen molar-refractivity contribution in [1.82, 2.24) is 9.97 Å². The van der Waals surface area contributed by atoms with E-state index in [1.807, 2.05) is 24.3 Å². The Bertz CT molecular complexity index is 1110. The number of hydrogen-bond acceptors (Lipinski definition) is 3. The van der Waals surface area contributed by atoms with Crippen molar-refractivity contribution in [1.29, 1.82) is 0 Å². The summed E-state index contributed by atoms with van der Waals surface area (Å²) >= 11 is 0. The third-order valence-corrected chi connectivity index (χ3v) is 4.17. The van der Waals surface area contributed by atoms with Gasteiger partial charge in [0.2, 0.25) is 5.91 Å². The highest BCUT2D eigenvalue weighted by Gasteiger charge is 2.05. The molecule has 0 aliphatic heterocycles. The first-order valence-electron chi connectivity index (χ1n) is 8.22. The molecule has 5 heteroatoms. The number of anilines is 1. The van der Waals surface area contributed by atoms with Crippen LogP contribution in [0, 0.1) is 0 Å². The molecule has 0 atom stereocenters. The fourth-order valence-electron chi connectivity index (χ4n) is 2.88. The van der Waals surface area contributed by atoms with Crippen LogP contribution in [0.5, 0.6) is 5.75 Å². The summed E-state index contributed by atoms with van der Waals surface area (Å²) in [4.78, 5) is 19.8. The first kappa shape index (κ1) is 15.9. The third kappa shape index (κ3) is 3.15. The molecule has 5 nitrogen and oxygen atoms in total. The molecule has 0 radical (unpaired) electrons. The maximum atomic E-state index is 12.1. The van der Waals surface area contributed by atoms with E-state index in [1.54, 1.807) is 43.6 Å². The fourth-order valence-corrected chi connectivity index (χ4v) is 2.88. The minimum absolute atomic E-state index is 0.212. The molecule has 1 amide bonds. The van der Waals surface area contributed by atoms with Crippen molar-refractivity contribution in [3.05, 3.63) is 72.6 Å². The Morgan fingerprint density at radius 1 is 1.08 bits per heavy atom. The molecule has 128 valence electrons. The van der Waals surface area contributed by atoms with E-state index in [4.69, 9.17) is 4.74 Å². The number of nitrogens with zero attached hydrogens (tertiary/aromatic N) is 1. The summed E-state index contributed by atoms with van der Waals surface area (Å²) in [6.07, 6.45) is 4.98. The molecule has 0 unspecified atom stereocenters. The summed E-state index contributed by atoms with van der Waals surface area (Å²) in [6.45, 7) is 0. The van der Waals surface area contributed by atoms with E-state index in [0.717, 1.165) is 33.2 Å². The molecule has 0 bridgehead atoms. The Labute approximate surface area is 150 Å². The van der Waals surface area contributed by atoms with Crippen LogP contribution in [0.1, 0.15) is 5.69 Å². The highest BCUT2D eigenvalue weighted by Crippen LogP contribution is 2.25. The molecule has 0 saturated heterocycles. The summed E-state index contributed by atoms with van der Waals surface area (Å²) in [7, 11) is 1.61. The van der Waals surface area contributed by atoms with E-state index in [-0.39, 0.29) is 5.91 Å². The highest BCUT2D eigenvalue weighted by atomic mass is 16.5. The molecule has 4 aromatic rings. The number of amides is 1. The van der Waals surface area contributed by atoms with Gasteiger partial charge in [0.25, 0.3) is 0 Å². The number of hydrogen-bond donors (Lipinski definition) is 2. The Hall–Kier alpha value is -3.60. The van der Waals surface area contributed by atoms with Crippen LogP contribution in [-0.4, -0.2) is 23.0 Å². The zero-order chi connectivity index (χ0) is 17.9. The van der Waals surface area contributed by atoms with Crippen LogP contribution in [0.2, 0.25) is 0 Å². The van der Waals surface area contributed by atoms with Gasteiger partial charge < -0.3 is 15.0 Å². The number of H-pyrrole nitrogens is 1. The Balaban J connectivity index is 1.53. The smallest absolute Gasteiger partial charge is 0.248 e. The van der Waals surface area contributed by atoms with E-state index in [0.29, 0.717) is 5.69 Å². The van der Waals surface area contributed by atoms with Gasteiger partial charge in [0.05, 0.1) is 24.5 Å². The van der Waals surface area contributed by atoms with Gasteiger partial charge in [-0.1, -0.05) is 18.2 Å². The second-order valence-corrected chi connectivity index (χ2v) is 5.88. The van der Waals surface area contributed by atoms with Gasteiger partial charge in [-0.2, -0.15) is 0 Å². The molecule has 2 N–H and O–H groups in total. The van der Waals surface area contributed by atoms with Crippen molar-refractivity contribution >= 4 is 39.5 Å². The number of benzene rings is 2. The summed E-state index contributed by atoms with van der Waals surface area (Å²) in [5.74, 6) is 0.533. The van der Waals surface area contributed by atoms with Gasteiger partial charge in [0, 0.05) is 28.1 Å². The number of nitrogens with one attached hydrogen (secondary N) is 2. The number of carbonyl (C=O) groups is 1. The molecule has 2 aromatic heterocycles. The number of para-hydroxylation sites is 1. The zero-order valence-corrected chi connectivity index (χ0v) is 14.2. The summed E-state index contributed by atoms with van der Waals surface area (Å²) < 4.78 is 5.10. The van der Waals surface area contributed by atoms with Gasteiger partial charge in [-0.15, -0.1) is 0 Å². The number of fused-ring (bicyclic) bond motifs is 3. The molecule has 26 heavy (non-hydrogen) atoms. The molecule has 0 aliphatic rings. The van der Waals surface area contributed by atoms with Gasteiger partial charge in [-0.3, -0.25) is 9.78 Å². The number of aromatic nitrogens is 2. The quantitative estimate of drug-likeness (QED) is 0.541. The van der Waals surface area contributed by atoms with Gasteiger partial charge in [-0.25, -0.2) is 0 Å². The number of pyridine rings is 1. The van der Waals surface area contributed by atoms with Gasteiger partial charge in [0.15, 0.2) is 0 Å². The van der Waals surface area contributed by atoms with Crippen LogP contribution in [0.4, 0.5) is 5.69 Å². The molecule has 0 saturated carbocycles. The molecular formula is C21H17N3O2. The molecule has 4 rings (SSSR count). The van der Waals surface area contributed by atoms with Gasteiger partial charge in [-0.05, 0) is 42.5 Å². The SMILES string of the molecule is COc1ccc(NC(=O)/C=C/c2cc3c(cn2)[nH]c2ccccc23)cc1. The maximum absolute atomic E-state index is 12.1. The monoisotopic (exact) mass is 343 g/mol. The van der Waals surface area contributed by atoms with Gasteiger partial charge >= 0.3 is 0 Å². The molecule has 0 aliphatic carbocycles. The molecule has 2 heterocycles. The highest BCUT2D eigenvalue weighted by molar-refractivity contribution is 6.07. The molecule has 0 fully saturated rings. The van der Waals surface area contributed by atoms with E-state index >= 15 is 0 Å². The Morgan fingerprint density at radius 3 is 2.69 bits per heavy atom. The molecular weight excluding hydrogens is 326 g/mol. The predicted octanol–water partition coefficient (Wildman–Crippen LogP) is 4.38. The lowest BCUT2D eigenvalue weighted by Crippen LogP contribution is -2.07. The maximum Gasteiger partial charge on any atom is 0.248 e. The normalized spacial score (nSPS) is 11.3. The number of ether oxygens (including phenoxy) is 1. The topological polar surface area (TPSA) is 67.0 Å². The number of carbonyl (C=O) groups excluding carboxylic acids is 1. The van der Waals surface area contributed by atoms with Crippen molar-refractivity contribution in [3.8, 4) is 5.75 Å². The van der Waals surface area contributed by atoms with E-state index in [1.165, 1.54) is 6.08 Å². The predicted molar refractivity (Wildman–Crippen MR) is 104 cm³/mol. The van der Waals surface area contributed by atoms with Crippen LogP contribution in [0.15, 0.2) is 66.9 Å². The van der Waals surface area contributed by atoms with Crippen LogP contribution in [0.25, 0.3) is 27.9 Å². The van der Waals surface area contributed by atoms with E-state index < -0.39 is 0 Å². The lowest BCUT2D eigenvalue weighted by atomic mass is 10.1. The van der Waals surface area contributed by atoms with E-state index in [2.05, 4.69) is 21.4 Å². The van der Waals surface area contributed by atoms with Crippen molar-refractivity contribution in [2.75, 3.05) is 12.4 Å². The number of rotatable bonds is 4.